The van der Waals surface area contributed by atoms with Crippen molar-refractivity contribution in [3.8, 4) is 11.3 Å². The number of ether oxygens (including phenoxy) is 1. The van der Waals surface area contributed by atoms with Crippen LogP contribution < -0.4 is 11.1 Å². The van der Waals surface area contributed by atoms with Crippen LogP contribution in [0.4, 0.5) is 10.8 Å². The molecule has 1 fully saturated rings. The Bertz CT molecular complexity index is 589. The lowest BCUT2D eigenvalue weighted by Gasteiger charge is -2.20. The van der Waals surface area contributed by atoms with E-state index in [0.29, 0.717) is 5.82 Å². The summed E-state index contributed by atoms with van der Waals surface area (Å²) in [4.78, 5) is 4.51. The first-order chi connectivity index (χ1) is 9.65. The Hall–Kier alpha value is -1.18. The maximum Gasteiger partial charge on any atom is 0.148 e. The minimum Gasteiger partial charge on any atom is -0.382 e. The summed E-state index contributed by atoms with van der Waals surface area (Å²) in [5.41, 5.74) is 7.83. The van der Waals surface area contributed by atoms with Crippen LogP contribution in [-0.2, 0) is 4.74 Å². The van der Waals surface area contributed by atoms with Crippen molar-refractivity contribution < 1.29 is 4.74 Å². The molecule has 3 N–H and O–H groups in total. The number of nitrogens with two attached hydrogens (primary N) is 1. The molecule has 0 aliphatic carbocycles. The van der Waals surface area contributed by atoms with Crippen molar-refractivity contribution in [3.05, 3.63) is 10.4 Å². The quantitative estimate of drug-likeness (QED) is 0.907. The highest BCUT2D eigenvalue weighted by molar-refractivity contribution is 7.11. The number of rotatable bonds is 4. The average Bonchev–Trinajstić information content (AvgIpc) is 3.11. The summed E-state index contributed by atoms with van der Waals surface area (Å²) in [5, 5.41) is 7.54. The van der Waals surface area contributed by atoms with Gasteiger partial charge in [-0.3, -0.25) is 0 Å². The van der Waals surface area contributed by atoms with Crippen LogP contribution in [0.15, 0.2) is 5.38 Å². The van der Waals surface area contributed by atoms with Crippen molar-refractivity contribution in [1.29, 1.82) is 0 Å². The summed E-state index contributed by atoms with van der Waals surface area (Å²) < 4.78 is 9.98. The highest BCUT2D eigenvalue weighted by Crippen LogP contribution is 2.38. The topological polar surface area (TPSA) is 73.1 Å². The second kappa shape index (κ2) is 5.67. The standard InChI is InChI=1S/C13H18N4OS2/c1-7(10-4-3-5-18-10)15-13-11(12(14)17-20-13)9-6-19-8(2)16-9/h6-7,10,15H,3-5H2,1-2H3,(H2,14,17). The third-order valence-corrected chi connectivity index (χ3v) is 5.04. The van der Waals surface area contributed by atoms with Gasteiger partial charge in [-0.15, -0.1) is 11.3 Å². The number of nitrogens with zero attached hydrogens (tertiary/aromatic N) is 2. The monoisotopic (exact) mass is 310 g/mol. The van der Waals surface area contributed by atoms with Crippen LogP contribution in [0.5, 0.6) is 0 Å². The van der Waals surface area contributed by atoms with E-state index in [2.05, 4.69) is 21.6 Å². The molecular formula is C13H18N4OS2. The van der Waals surface area contributed by atoms with Crippen LogP contribution in [0.3, 0.4) is 0 Å². The van der Waals surface area contributed by atoms with E-state index in [0.717, 1.165) is 40.7 Å². The van der Waals surface area contributed by atoms with Gasteiger partial charge in [-0.25, -0.2) is 4.98 Å². The van der Waals surface area contributed by atoms with Crippen LogP contribution in [0.2, 0.25) is 0 Å². The van der Waals surface area contributed by atoms with E-state index in [1.165, 1.54) is 11.5 Å². The van der Waals surface area contributed by atoms with Gasteiger partial charge in [0.1, 0.15) is 10.8 Å². The second-order valence-electron chi connectivity index (χ2n) is 5.01. The van der Waals surface area contributed by atoms with Gasteiger partial charge in [-0.05, 0) is 38.2 Å². The minimum absolute atomic E-state index is 0.246. The lowest BCUT2D eigenvalue weighted by Crippen LogP contribution is -2.29. The molecule has 0 radical (unpaired) electrons. The number of hydrogen-bond acceptors (Lipinski definition) is 7. The predicted octanol–water partition coefficient (Wildman–Crippen LogP) is 3.14. The van der Waals surface area contributed by atoms with E-state index < -0.39 is 0 Å². The number of aryl methyl sites for hydroxylation is 1. The van der Waals surface area contributed by atoms with Gasteiger partial charge < -0.3 is 15.8 Å². The lowest BCUT2D eigenvalue weighted by molar-refractivity contribution is 0.0997. The van der Waals surface area contributed by atoms with Gasteiger partial charge >= 0.3 is 0 Å². The molecule has 0 saturated carbocycles. The largest absolute Gasteiger partial charge is 0.382 e. The van der Waals surface area contributed by atoms with Crippen molar-refractivity contribution in [2.45, 2.75) is 38.8 Å². The molecule has 1 aliphatic rings. The van der Waals surface area contributed by atoms with Crippen molar-refractivity contribution >= 4 is 33.7 Å². The summed E-state index contributed by atoms with van der Waals surface area (Å²) in [5.74, 6) is 0.544. The summed E-state index contributed by atoms with van der Waals surface area (Å²) in [6, 6.07) is 0.246. The van der Waals surface area contributed by atoms with E-state index in [-0.39, 0.29) is 12.1 Å². The summed E-state index contributed by atoms with van der Waals surface area (Å²) in [6.07, 6.45) is 2.51. The molecular weight excluding hydrogens is 292 g/mol. The van der Waals surface area contributed by atoms with Gasteiger partial charge in [0, 0.05) is 12.0 Å². The van der Waals surface area contributed by atoms with Crippen molar-refractivity contribution in [1.82, 2.24) is 9.36 Å². The molecule has 0 bridgehead atoms. The summed E-state index contributed by atoms with van der Waals surface area (Å²) in [7, 11) is 0. The van der Waals surface area contributed by atoms with E-state index in [1.807, 2.05) is 12.3 Å². The van der Waals surface area contributed by atoms with Gasteiger partial charge in [0.15, 0.2) is 0 Å². The maximum atomic E-state index is 6.00. The van der Waals surface area contributed by atoms with Crippen molar-refractivity contribution in [3.63, 3.8) is 0 Å². The SMILES string of the molecule is Cc1nc(-c2c(N)nsc2NC(C)C2CCCO2)cs1. The molecule has 7 heteroatoms. The van der Waals surface area contributed by atoms with Crippen LogP contribution in [0.25, 0.3) is 11.3 Å². The van der Waals surface area contributed by atoms with Crippen molar-refractivity contribution in [2.75, 3.05) is 17.7 Å². The highest BCUT2D eigenvalue weighted by atomic mass is 32.1. The molecule has 5 nitrogen and oxygen atoms in total. The third-order valence-electron chi connectivity index (χ3n) is 3.47. The maximum absolute atomic E-state index is 6.00. The van der Waals surface area contributed by atoms with Crippen molar-refractivity contribution in [2.24, 2.45) is 0 Å². The number of nitrogens with one attached hydrogen (secondary N) is 1. The summed E-state index contributed by atoms with van der Waals surface area (Å²) >= 11 is 3.01. The number of anilines is 2. The van der Waals surface area contributed by atoms with E-state index in [4.69, 9.17) is 10.5 Å². The molecule has 108 valence electrons. The van der Waals surface area contributed by atoms with Crippen LogP contribution in [0, 0.1) is 6.92 Å². The number of hydrogen-bond donors (Lipinski definition) is 2. The van der Waals surface area contributed by atoms with Crippen LogP contribution in [-0.4, -0.2) is 28.1 Å². The fourth-order valence-corrected chi connectivity index (χ4v) is 3.85. The summed E-state index contributed by atoms with van der Waals surface area (Å²) in [6.45, 7) is 4.99. The lowest BCUT2D eigenvalue weighted by atomic mass is 10.1. The van der Waals surface area contributed by atoms with Gasteiger partial charge in [-0.1, -0.05) is 0 Å². The Kier molecular flexibility index (Phi) is 3.91. The number of aromatic nitrogens is 2. The van der Waals surface area contributed by atoms with E-state index >= 15 is 0 Å². The Labute approximate surface area is 126 Å². The molecule has 2 unspecified atom stereocenters. The molecule has 0 aromatic carbocycles. The second-order valence-corrected chi connectivity index (χ2v) is 6.84. The zero-order valence-electron chi connectivity index (χ0n) is 11.5. The third kappa shape index (κ3) is 2.65. The first-order valence-electron chi connectivity index (χ1n) is 6.71. The van der Waals surface area contributed by atoms with E-state index in [9.17, 15) is 0 Å². The Morgan fingerprint density at radius 1 is 1.55 bits per heavy atom. The number of thiazole rings is 1. The van der Waals surface area contributed by atoms with Gasteiger partial charge in [0.25, 0.3) is 0 Å². The molecule has 0 spiro atoms. The molecule has 2 aromatic rings. The van der Waals surface area contributed by atoms with Gasteiger partial charge in [0.2, 0.25) is 0 Å². The molecule has 20 heavy (non-hydrogen) atoms. The molecule has 1 saturated heterocycles. The highest BCUT2D eigenvalue weighted by Gasteiger charge is 2.25. The minimum atomic E-state index is 0.246. The first-order valence-corrected chi connectivity index (χ1v) is 8.36. The molecule has 2 atom stereocenters. The molecule has 3 rings (SSSR count). The van der Waals surface area contributed by atoms with Gasteiger partial charge in [-0.2, -0.15) is 4.37 Å². The smallest absolute Gasteiger partial charge is 0.148 e. The zero-order chi connectivity index (χ0) is 14.1. The van der Waals surface area contributed by atoms with E-state index in [1.54, 1.807) is 11.3 Å². The number of nitrogen functional groups attached to an aromatic ring is 1. The zero-order valence-corrected chi connectivity index (χ0v) is 13.2. The predicted molar refractivity (Wildman–Crippen MR) is 84.4 cm³/mol. The molecule has 1 aliphatic heterocycles. The fraction of sp³-hybridized carbons (Fsp3) is 0.538. The van der Waals surface area contributed by atoms with Crippen LogP contribution in [0.1, 0.15) is 24.8 Å². The Balaban J connectivity index is 1.83. The fourth-order valence-electron chi connectivity index (χ4n) is 2.42. The normalized spacial score (nSPS) is 20.2. The van der Waals surface area contributed by atoms with Gasteiger partial charge in [0.05, 0.1) is 28.4 Å². The Morgan fingerprint density at radius 2 is 2.40 bits per heavy atom. The molecule has 2 aromatic heterocycles. The van der Waals surface area contributed by atoms with Crippen LogP contribution >= 0.6 is 22.9 Å². The Morgan fingerprint density at radius 3 is 3.05 bits per heavy atom. The molecule has 0 amide bonds. The first kappa shape index (κ1) is 13.8. The average molecular weight is 310 g/mol. The molecule has 3 heterocycles.